The number of rotatable bonds is 0. The van der Waals surface area contributed by atoms with Gasteiger partial charge in [-0.05, 0) is 29.4 Å². The molecule has 0 atom stereocenters. The summed E-state index contributed by atoms with van der Waals surface area (Å²) in [6.07, 6.45) is 9.41. The molecule has 3 nitrogen and oxygen atoms in total. The number of carbonyl (C=O) groups is 1. The number of ketones is 1. The molecule has 0 fully saturated rings. The predicted molar refractivity (Wildman–Crippen MR) is 48.4 cm³/mol. The Morgan fingerprint density at radius 2 is 2.17 bits per heavy atom. The van der Waals surface area contributed by atoms with Crippen LogP contribution >= 0.6 is 0 Å². The van der Waals surface area contributed by atoms with Gasteiger partial charge in [0.2, 0.25) is 0 Å². The SMILES string of the molecule is N.O=C1C=CC2=CN=CCC2=C1. The molecule has 12 heavy (non-hydrogen) atoms. The summed E-state index contributed by atoms with van der Waals surface area (Å²) in [4.78, 5) is 14.9. The minimum absolute atomic E-state index is 0. The minimum Gasteiger partial charge on any atom is -0.344 e. The zero-order chi connectivity index (χ0) is 7.68. The van der Waals surface area contributed by atoms with Crippen molar-refractivity contribution in [2.24, 2.45) is 4.99 Å². The summed E-state index contributed by atoms with van der Waals surface area (Å²) in [5.41, 5.74) is 2.14. The van der Waals surface area contributed by atoms with Gasteiger partial charge in [0, 0.05) is 18.8 Å². The smallest absolute Gasteiger partial charge is 0.178 e. The van der Waals surface area contributed by atoms with Crippen LogP contribution in [0.5, 0.6) is 0 Å². The van der Waals surface area contributed by atoms with Gasteiger partial charge in [-0.1, -0.05) is 0 Å². The molecule has 0 spiro atoms. The highest BCUT2D eigenvalue weighted by Gasteiger charge is 2.10. The Morgan fingerprint density at radius 1 is 1.33 bits per heavy atom. The molecule has 1 aliphatic heterocycles. The topological polar surface area (TPSA) is 64.4 Å². The second-order valence-corrected chi connectivity index (χ2v) is 2.53. The predicted octanol–water partition coefficient (Wildman–Crippen LogP) is 1.57. The average molecular weight is 162 g/mol. The normalized spacial score (nSPS) is 19.2. The molecular formula is C9H10N2O. The van der Waals surface area contributed by atoms with E-state index >= 15 is 0 Å². The van der Waals surface area contributed by atoms with E-state index < -0.39 is 0 Å². The number of hydrogen-bond acceptors (Lipinski definition) is 3. The lowest BCUT2D eigenvalue weighted by atomic mass is 9.96. The Bertz CT molecular complexity index is 321. The fourth-order valence-electron chi connectivity index (χ4n) is 1.17. The maximum atomic E-state index is 10.9. The first-order chi connectivity index (χ1) is 5.36. The molecule has 62 valence electrons. The maximum absolute atomic E-state index is 10.9. The van der Waals surface area contributed by atoms with Crippen LogP contribution in [0, 0.1) is 0 Å². The lowest BCUT2D eigenvalue weighted by Gasteiger charge is -2.10. The van der Waals surface area contributed by atoms with E-state index in [0.29, 0.717) is 0 Å². The second kappa shape index (κ2) is 3.28. The van der Waals surface area contributed by atoms with Crippen molar-refractivity contribution in [3.8, 4) is 0 Å². The summed E-state index contributed by atoms with van der Waals surface area (Å²) in [6.45, 7) is 0. The monoisotopic (exact) mass is 162 g/mol. The van der Waals surface area contributed by atoms with E-state index in [1.165, 1.54) is 0 Å². The number of aliphatic imine (C=N–C) groups is 1. The third kappa shape index (κ3) is 1.40. The number of fused-ring (bicyclic) bond motifs is 1. The van der Waals surface area contributed by atoms with E-state index in [4.69, 9.17) is 0 Å². The molecule has 0 radical (unpaired) electrons. The van der Waals surface area contributed by atoms with Crippen molar-refractivity contribution in [3.05, 3.63) is 35.6 Å². The van der Waals surface area contributed by atoms with Gasteiger partial charge in [0.05, 0.1) is 0 Å². The van der Waals surface area contributed by atoms with Gasteiger partial charge in [-0.3, -0.25) is 9.79 Å². The molecule has 1 heterocycles. The van der Waals surface area contributed by atoms with E-state index in [1.54, 1.807) is 18.4 Å². The Balaban J connectivity index is 0.000000720. The fraction of sp³-hybridized carbons (Fsp3) is 0.111. The van der Waals surface area contributed by atoms with Crippen LogP contribution in [0.2, 0.25) is 0 Å². The van der Waals surface area contributed by atoms with Gasteiger partial charge in [-0.25, -0.2) is 0 Å². The highest BCUT2D eigenvalue weighted by molar-refractivity contribution is 6.03. The van der Waals surface area contributed by atoms with Crippen LogP contribution in [0.4, 0.5) is 0 Å². The van der Waals surface area contributed by atoms with Crippen LogP contribution in [-0.2, 0) is 4.79 Å². The van der Waals surface area contributed by atoms with Crippen LogP contribution in [0.3, 0.4) is 0 Å². The standard InChI is InChI=1S/C9H7NO.H3N/c11-9-2-1-8-6-10-4-3-7(8)5-9;/h1-2,4-6H,3H2;1H3. The van der Waals surface area contributed by atoms with Crippen molar-refractivity contribution in [2.45, 2.75) is 6.42 Å². The van der Waals surface area contributed by atoms with Gasteiger partial charge in [-0.15, -0.1) is 0 Å². The first-order valence-electron chi connectivity index (χ1n) is 3.51. The van der Waals surface area contributed by atoms with Crippen LogP contribution in [0.15, 0.2) is 40.6 Å². The Morgan fingerprint density at radius 3 is 3.00 bits per heavy atom. The first kappa shape index (κ1) is 8.62. The van der Waals surface area contributed by atoms with Gasteiger partial charge < -0.3 is 6.15 Å². The molecule has 0 aromatic carbocycles. The summed E-state index contributed by atoms with van der Waals surface area (Å²) >= 11 is 0. The maximum Gasteiger partial charge on any atom is 0.178 e. The molecule has 0 aromatic rings. The van der Waals surface area contributed by atoms with Crippen molar-refractivity contribution < 1.29 is 4.79 Å². The lowest BCUT2D eigenvalue weighted by molar-refractivity contribution is -0.110. The Kier molecular flexibility index (Phi) is 2.35. The molecule has 3 N–H and O–H groups in total. The molecule has 0 unspecified atom stereocenters. The summed E-state index contributed by atoms with van der Waals surface area (Å²) in [6, 6.07) is 0. The van der Waals surface area contributed by atoms with Crippen LogP contribution in [-0.4, -0.2) is 12.0 Å². The third-order valence-corrected chi connectivity index (χ3v) is 1.74. The molecular weight excluding hydrogens is 152 g/mol. The zero-order valence-corrected chi connectivity index (χ0v) is 6.66. The third-order valence-electron chi connectivity index (χ3n) is 1.74. The number of hydrogen-bond donors (Lipinski definition) is 1. The molecule has 1 aliphatic carbocycles. The Hall–Kier alpha value is -1.48. The number of carbonyl (C=O) groups excluding carboxylic acids is 1. The first-order valence-corrected chi connectivity index (χ1v) is 3.51. The minimum atomic E-state index is 0. The summed E-state index contributed by atoms with van der Waals surface area (Å²) in [5, 5.41) is 0. The van der Waals surface area contributed by atoms with Gasteiger partial charge in [0.25, 0.3) is 0 Å². The van der Waals surface area contributed by atoms with Gasteiger partial charge >= 0.3 is 0 Å². The van der Waals surface area contributed by atoms with Crippen molar-refractivity contribution in [2.75, 3.05) is 0 Å². The molecule has 0 amide bonds. The fourth-order valence-corrected chi connectivity index (χ4v) is 1.17. The molecule has 0 saturated carbocycles. The highest BCUT2D eigenvalue weighted by atomic mass is 16.1. The lowest BCUT2D eigenvalue weighted by Crippen LogP contribution is -2.02. The molecule has 0 saturated heterocycles. The molecule has 0 aromatic heterocycles. The van der Waals surface area contributed by atoms with E-state index in [2.05, 4.69) is 4.99 Å². The summed E-state index contributed by atoms with van der Waals surface area (Å²) in [5.74, 6) is 0.0763. The largest absolute Gasteiger partial charge is 0.344 e. The highest BCUT2D eigenvalue weighted by Crippen LogP contribution is 2.21. The van der Waals surface area contributed by atoms with Crippen LogP contribution < -0.4 is 6.15 Å². The van der Waals surface area contributed by atoms with E-state index in [9.17, 15) is 4.79 Å². The van der Waals surface area contributed by atoms with Gasteiger partial charge in [-0.2, -0.15) is 0 Å². The molecule has 2 rings (SSSR count). The van der Waals surface area contributed by atoms with Crippen LogP contribution in [0.25, 0.3) is 0 Å². The zero-order valence-electron chi connectivity index (χ0n) is 6.66. The number of nitrogens with zero attached hydrogens (tertiary/aromatic N) is 1. The van der Waals surface area contributed by atoms with Crippen molar-refractivity contribution in [1.82, 2.24) is 6.15 Å². The van der Waals surface area contributed by atoms with E-state index in [0.717, 1.165) is 17.6 Å². The second-order valence-electron chi connectivity index (χ2n) is 2.53. The summed E-state index contributed by atoms with van der Waals surface area (Å²) in [7, 11) is 0. The molecule has 0 bridgehead atoms. The molecule has 3 heteroatoms. The number of allylic oxidation sites excluding steroid dienone is 5. The van der Waals surface area contributed by atoms with Gasteiger partial charge in [0.1, 0.15) is 0 Å². The summed E-state index contributed by atoms with van der Waals surface area (Å²) < 4.78 is 0. The van der Waals surface area contributed by atoms with E-state index in [1.807, 2.05) is 12.3 Å². The quantitative estimate of drug-likeness (QED) is 0.587. The van der Waals surface area contributed by atoms with E-state index in [-0.39, 0.29) is 11.9 Å². The average Bonchev–Trinajstić information content (AvgIpc) is 2.04. The van der Waals surface area contributed by atoms with Crippen molar-refractivity contribution >= 4 is 12.0 Å². The molecule has 2 aliphatic rings. The van der Waals surface area contributed by atoms with Crippen LogP contribution in [0.1, 0.15) is 6.42 Å². The Labute approximate surface area is 70.8 Å². The van der Waals surface area contributed by atoms with Gasteiger partial charge in [0.15, 0.2) is 5.78 Å². The van der Waals surface area contributed by atoms with Crippen molar-refractivity contribution in [3.63, 3.8) is 0 Å². The van der Waals surface area contributed by atoms with Crippen molar-refractivity contribution in [1.29, 1.82) is 0 Å².